The van der Waals surface area contributed by atoms with E-state index in [0.717, 1.165) is 44.6 Å². The highest BCUT2D eigenvalue weighted by Gasteiger charge is 2.25. The highest BCUT2D eigenvalue weighted by molar-refractivity contribution is 7.07. The Morgan fingerprint density at radius 3 is 3.09 bits per heavy atom. The van der Waals surface area contributed by atoms with Gasteiger partial charge in [0.1, 0.15) is 5.69 Å². The Kier molecular flexibility index (Phi) is 5.05. The van der Waals surface area contributed by atoms with E-state index in [1.54, 1.807) is 5.51 Å². The summed E-state index contributed by atoms with van der Waals surface area (Å²) in [4.78, 5) is 18.5. The zero-order valence-corrected chi connectivity index (χ0v) is 14.5. The molecule has 3 heterocycles. The SMILES string of the molecule is CC(C)Cc1cn(CC2CCCN(C(=O)c3cscn3)C2)nn1. The number of nitrogens with zero attached hydrogens (tertiary/aromatic N) is 5. The number of hydrogen-bond donors (Lipinski definition) is 0. The van der Waals surface area contributed by atoms with Gasteiger partial charge in [0, 0.05) is 31.2 Å². The summed E-state index contributed by atoms with van der Waals surface area (Å²) < 4.78 is 1.93. The van der Waals surface area contributed by atoms with Gasteiger partial charge in [-0.25, -0.2) is 4.98 Å². The standard InChI is InChI=1S/C16H23N5OS/c1-12(2)6-14-9-21(19-18-14)8-13-4-3-5-20(7-13)16(22)15-10-23-11-17-15/h9-13H,3-8H2,1-2H3. The lowest BCUT2D eigenvalue weighted by molar-refractivity contribution is 0.0654. The zero-order valence-electron chi connectivity index (χ0n) is 13.7. The number of amides is 1. The van der Waals surface area contributed by atoms with Crippen molar-refractivity contribution in [2.45, 2.75) is 39.7 Å². The molecule has 1 amide bonds. The predicted molar refractivity (Wildman–Crippen MR) is 89.3 cm³/mol. The van der Waals surface area contributed by atoms with Crippen molar-refractivity contribution in [2.24, 2.45) is 11.8 Å². The number of rotatable bonds is 5. The van der Waals surface area contributed by atoms with Gasteiger partial charge in [0.25, 0.3) is 5.91 Å². The highest BCUT2D eigenvalue weighted by atomic mass is 32.1. The van der Waals surface area contributed by atoms with Crippen LogP contribution in [-0.4, -0.2) is 43.9 Å². The molecular formula is C16H23N5OS. The van der Waals surface area contributed by atoms with Crippen LogP contribution < -0.4 is 0 Å². The fourth-order valence-corrected chi connectivity index (χ4v) is 3.61. The molecule has 1 aliphatic rings. The Balaban J connectivity index is 1.58. The van der Waals surface area contributed by atoms with Gasteiger partial charge in [-0.3, -0.25) is 9.48 Å². The summed E-state index contributed by atoms with van der Waals surface area (Å²) in [6, 6.07) is 0. The normalized spacial score (nSPS) is 18.6. The number of hydrogen-bond acceptors (Lipinski definition) is 5. The van der Waals surface area contributed by atoms with Crippen LogP contribution >= 0.6 is 11.3 Å². The summed E-state index contributed by atoms with van der Waals surface area (Å²) >= 11 is 1.46. The first-order valence-corrected chi connectivity index (χ1v) is 9.12. The average Bonchev–Trinajstić information content (AvgIpc) is 3.18. The van der Waals surface area contributed by atoms with Crippen LogP contribution in [0.2, 0.25) is 0 Å². The molecule has 0 N–H and O–H groups in total. The van der Waals surface area contributed by atoms with Crippen molar-refractivity contribution >= 4 is 17.2 Å². The summed E-state index contributed by atoms with van der Waals surface area (Å²) in [6.45, 7) is 6.79. The van der Waals surface area contributed by atoms with E-state index in [-0.39, 0.29) is 5.91 Å². The van der Waals surface area contributed by atoms with E-state index in [1.165, 1.54) is 11.3 Å². The summed E-state index contributed by atoms with van der Waals surface area (Å²) in [5.41, 5.74) is 3.32. The topological polar surface area (TPSA) is 63.9 Å². The molecule has 1 aliphatic heterocycles. The van der Waals surface area contributed by atoms with Gasteiger partial charge in [0.2, 0.25) is 0 Å². The molecule has 1 atom stereocenters. The molecule has 7 heteroatoms. The average molecular weight is 333 g/mol. The maximum atomic E-state index is 12.4. The Bertz CT molecular complexity index is 637. The summed E-state index contributed by atoms with van der Waals surface area (Å²) in [5.74, 6) is 1.07. The second kappa shape index (κ2) is 7.21. The van der Waals surface area contributed by atoms with Crippen molar-refractivity contribution in [1.82, 2.24) is 24.9 Å². The fourth-order valence-electron chi connectivity index (χ4n) is 3.08. The molecule has 0 aromatic carbocycles. The van der Waals surface area contributed by atoms with Crippen LogP contribution in [0.15, 0.2) is 17.1 Å². The minimum atomic E-state index is 0.0510. The van der Waals surface area contributed by atoms with Gasteiger partial charge in [-0.05, 0) is 31.1 Å². The van der Waals surface area contributed by atoms with E-state index in [9.17, 15) is 4.79 Å². The first kappa shape index (κ1) is 16.1. The lowest BCUT2D eigenvalue weighted by Gasteiger charge is -2.32. The Morgan fingerprint density at radius 1 is 1.48 bits per heavy atom. The van der Waals surface area contributed by atoms with Crippen molar-refractivity contribution in [2.75, 3.05) is 13.1 Å². The molecule has 6 nitrogen and oxygen atoms in total. The molecular weight excluding hydrogens is 310 g/mol. The van der Waals surface area contributed by atoms with Gasteiger partial charge in [-0.2, -0.15) is 0 Å². The second-order valence-electron chi connectivity index (χ2n) is 6.66. The zero-order chi connectivity index (χ0) is 16.2. The van der Waals surface area contributed by atoms with E-state index in [4.69, 9.17) is 0 Å². The molecule has 3 rings (SSSR count). The molecule has 23 heavy (non-hydrogen) atoms. The van der Waals surface area contributed by atoms with Gasteiger partial charge in [0.15, 0.2) is 0 Å². The van der Waals surface area contributed by atoms with E-state index in [1.807, 2.05) is 21.2 Å². The second-order valence-corrected chi connectivity index (χ2v) is 7.38. The molecule has 2 aromatic rings. The fraction of sp³-hybridized carbons (Fsp3) is 0.625. The molecule has 124 valence electrons. The van der Waals surface area contributed by atoms with E-state index < -0.39 is 0 Å². The van der Waals surface area contributed by atoms with Crippen molar-refractivity contribution in [1.29, 1.82) is 0 Å². The third-order valence-corrected chi connectivity index (χ3v) is 4.69. The van der Waals surface area contributed by atoms with Crippen LogP contribution in [0.1, 0.15) is 42.9 Å². The van der Waals surface area contributed by atoms with E-state index in [2.05, 4.69) is 29.1 Å². The third-order valence-electron chi connectivity index (χ3n) is 4.11. The summed E-state index contributed by atoms with van der Waals surface area (Å²) in [7, 11) is 0. The Morgan fingerprint density at radius 2 is 2.35 bits per heavy atom. The maximum absolute atomic E-state index is 12.4. The number of carbonyl (C=O) groups excluding carboxylic acids is 1. The number of carbonyl (C=O) groups is 1. The van der Waals surface area contributed by atoms with Crippen LogP contribution in [-0.2, 0) is 13.0 Å². The molecule has 1 fully saturated rings. The van der Waals surface area contributed by atoms with E-state index >= 15 is 0 Å². The Labute approximate surface area is 140 Å². The van der Waals surface area contributed by atoms with Gasteiger partial charge in [0.05, 0.1) is 11.2 Å². The molecule has 0 spiro atoms. The molecule has 0 aliphatic carbocycles. The first-order chi connectivity index (χ1) is 11.1. The minimum absolute atomic E-state index is 0.0510. The van der Waals surface area contributed by atoms with Crippen molar-refractivity contribution < 1.29 is 4.79 Å². The van der Waals surface area contributed by atoms with Crippen molar-refractivity contribution in [3.8, 4) is 0 Å². The third kappa shape index (κ3) is 4.16. The smallest absolute Gasteiger partial charge is 0.273 e. The number of thiazole rings is 1. The minimum Gasteiger partial charge on any atom is -0.337 e. The van der Waals surface area contributed by atoms with Crippen LogP contribution in [0, 0.1) is 11.8 Å². The van der Waals surface area contributed by atoms with Crippen LogP contribution in [0.4, 0.5) is 0 Å². The molecule has 0 saturated carbocycles. The van der Waals surface area contributed by atoms with Gasteiger partial charge < -0.3 is 4.90 Å². The predicted octanol–water partition coefficient (Wildman–Crippen LogP) is 2.49. The monoisotopic (exact) mass is 333 g/mol. The molecule has 1 unspecified atom stereocenters. The van der Waals surface area contributed by atoms with Crippen LogP contribution in [0.3, 0.4) is 0 Å². The quantitative estimate of drug-likeness (QED) is 0.843. The molecule has 2 aromatic heterocycles. The largest absolute Gasteiger partial charge is 0.337 e. The lowest BCUT2D eigenvalue weighted by Crippen LogP contribution is -2.41. The van der Waals surface area contributed by atoms with E-state index in [0.29, 0.717) is 17.5 Å². The molecule has 1 saturated heterocycles. The van der Waals surface area contributed by atoms with Crippen LogP contribution in [0.25, 0.3) is 0 Å². The summed E-state index contributed by atoms with van der Waals surface area (Å²) in [6.07, 6.45) is 5.16. The number of piperidine rings is 1. The highest BCUT2D eigenvalue weighted by Crippen LogP contribution is 2.20. The number of aromatic nitrogens is 4. The Hall–Kier alpha value is -1.76. The summed E-state index contributed by atoms with van der Waals surface area (Å²) in [5, 5.41) is 10.3. The first-order valence-electron chi connectivity index (χ1n) is 8.18. The maximum Gasteiger partial charge on any atom is 0.273 e. The van der Waals surface area contributed by atoms with Gasteiger partial charge in [-0.1, -0.05) is 19.1 Å². The van der Waals surface area contributed by atoms with Crippen molar-refractivity contribution in [3.63, 3.8) is 0 Å². The van der Waals surface area contributed by atoms with Crippen LogP contribution in [0.5, 0.6) is 0 Å². The van der Waals surface area contributed by atoms with Gasteiger partial charge in [-0.15, -0.1) is 16.4 Å². The molecule has 0 radical (unpaired) electrons. The lowest BCUT2D eigenvalue weighted by atomic mass is 9.98. The molecule has 0 bridgehead atoms. The van der Waals surface area contributed by atoms with Crippen molar-refractivity contribution in [3.05, 3.63) is 28.5 Å². The van der Waals surface area contributed by atoms with Gasteiger partial charge >= 0.3 is 0 Å². The number of likely N-dealkylation sites (tertiary alicyclic amines) is 1.